The Bertz CT molecular complexity index is 775. The fraction of sp³-hybridized carbons (Fsp3) is 0.368. The van der Waals surface area contributed by atoms with E-state index in [-0.39, 0.29) is 5.91 Å². The van der Waals surface area contributed by atoms with Crippen LogP contribution in [-0.4, -0.2) is 48.1 Å². The van der Waals surface area contributed by atoms with E-state index in [9.17, 15) is 4.79 Å². The van der Waals surface area contributed by atoms with Gasteiger partial charge in [0.15, 0.2) is 6.10 Å². The highest BCUT2D eigenvalue weighted by atomic mass is 35.5. The Kier molecular flexibility index (Phi) is 5.89. The van der Waals surface area contributed by atoms with E-state index in [0.717, 1.165) is 24.5 Å². The van der Waals surface area contributed by atoms with E-state index >= 15 is 0 Å². The van der Waals surface area contributed by atoms with Crippen LogP contribution >= 0.6 is 23.2 Å². The first kappa shape index (κ1) is 18.8. The molecule has 1 fully saturated rings. The molecule has 26 heavy (non-hydrogen) atoms. The van der Waals surface area contributed by atoms with Crippen LogP contribution in [0.15, 0.2) is 36.5 Å². The van der Waals surface area contributed by atoms with Crippen molar-refractivity contribution < 1.29 is 9.53 Å². The van der Waals surface area contributed by atoms with Gasteiger partial charge in [0.1, 0.15) is 11.6 Å². The number of nitrogens with zero attached hydrogens (tertiary/aromatic N) is 3. The first-order valence-electron chi connectivity index (χ1n) is 8.52. The number of aryl methyl sites for hydroxylation is 1. The fourth-order valence-electron chi connectivity index (χ4n) is 2.91. The maximum Gasteiger partial charge on any atom is 0.263 e. The molecule has 1 aliphatic heterocycles. The quantitative estimate of drug-likeness (QED) is 0.791. The zero-order valence-electron chi connectivity index (χ0n) is 14.8. The molecular formula is C19H21Cl2N3O2. The molecule has 138 valence electrons. The lowest BCUT2D eigenvalue weighted by molar-refractivity contribution is -0.138. The molecule has 2 aromatic rings. The molecular weight excluding hydrogens is 373 g/mol. The number of aromatic nitrogens is 1. The second-order valence-corrected chi connectivity index (χ2v) is 7.16. The highest BCUT2D eigenvalue weighted by Gasteiger charge is 2.26. The van der Waals surface area contributed by atoms with Crippen LogP contribution in [0.3, 0.4) is 0 Å². The van der Waals surface area contributed by atoms with Gasteiger partial charge >= 0.3 is 0 Å². The number of piperazine rings is 1. The lowest BCUT2D eigenvalue weighted by Crippen LogP contribution is -2.52. The Morgan fingerprint density at radius 3 is 2.50 bits per heavy atom. The lowest BCUT2D eigenvalue weighted by Gasteiger charge is -2.36. The molecule has 1 amide bonds. The van der Waals surface area contributed by atoms with Gasteiger partial charge in [-0.3, -0.25) is 4.79 Å². The number of carbonyl (C=O) groups excluding carboxylic acids is 1. The molecule has 1 saturated heterocycles. The SMILES string of the molecule is Cc1cc(OC(C)C(=O)N2CCN(c3ccc(Cl)cn3)CC2)ccc1Cl. The van der Waals surface area contributed by atoms with Crippen LogP contribution in [0, 0.1) is 6.92 Å². The third-order valence-electron chi connectivity index (χ3n) is 4.42. The van der Waals surface area contributed by atoms with Crippen LogP contribution in [0.4, 0.5) is 5.82 Å². The van der Waals surface area contributed by atoms with Crippen LogP contribution in [0.1, 0.15) is 12.5 Å². The standard InChI is InChI=1S/C19H21Cl2N3O2/c1-13-11-16(4-5-17(13)21)26-14(2)19(25)24-9-7-23(8-10-24)18-6-3-15(20)12-22-18/h3-6,11-12,14H,7-10H2,1-2H3. The third kappa shape index (κ3) is 4.40. The average molecular weight is 394 g/mol. The summed E-state index contributed by atoms with van der Waals surface area (Å²) in [5, 5.41) is 1.30. The maximum atomic E-state index is 12.7. The molecule has 0 bridgehead atoms. The number of rotatable bonds is 4. The minimum atomic E-state index is -0.546. The van der Waals surface area contributed by atoms with Gasteiger partial charge < -0.3 is 14.5 Å². The summed E-state index contributed by atoms with van der Waals surface area (Å²) in [6.07, 6.45) is 1.09. The van der Waals surface area contributed by atoms with Gasteiger partial charge in [0, 0.05) is 37.4 Å². The van der Waals surface area contributed by atoms with Crippen molar-refractivity contribution in [2.45, 2.75) is 20.0 Å². The molecule has 0 spiro atoms. The van der Waals surface area contributed by atoms with Gasteiger partial charge in [0.05, 0.1) is 5.02 Å². The molecule has 5 nitrogen and oxygen atoms in total. The summed E-state index contributed by atoms with van der Waals surface area (Å²) in [6.45, 7) is 6.42. The summed E-state index contributed by atoms with van der Waals surface area (Å²) < 4.78 is 5.80. The highest BCUT2D eigenvalue weighted by molar-refractivity contribution is 6.31. The Morgan fingerprint density at radius 1 is 1.15 bits per heavy atom. The Morgan fingerprint density at radius 2 is 1.88 bits per heavy atom. The van der Waals surface area contributed by atoms with Crippen molar-refractivity contribution in [1.29, 1.82) is 0 Å². The van der Waals surface area contributed by atoms with Gasteiger partial charge in [-0.1, -0.05) is 23.2 Å². The summed E-state index contributed by atoms with van der Waals surface area (Å²) in [5.41, 5.74) is 0.924. The fourth-order valence-corrected chi connectivity index (χ4v) is 3.14. The maximum absolute atomic E-state index is 12.7. The van der Waals surface area contributed by atoms with E-state index in [1.807, 2.05) is 30.0 Å². The second-order valence-electron chi connectivity index (χ2n) is 6.32. The van der Waals surface area contributed by atoms with Crippen molar-refractivity contribution in [3.8, 4) is 5.75 Å². The highest BCUT2D eigenvalue weighted by Crippen LogP contribution is 2.22. The van der Waals surface area contributed by atoms with E-state index in [0.29, 0.717) is 28.9 Å². The van der Waals surface area contributed by atoms with Gasteiger partial charge in [0.25, 0.3) is 5.91 Å². The average Bonchev–Trinajstić information content (AvgIpc) is 2.65. The molecule has 1 atom stereocenters. The monoisotopic (exact) mass is 393 g/mol. The molecule has 1 aromatic carbocycles. The summed E-state index contributed by atoms with van der Waals surface area (Å²) >= 11 is 11.9. The molecule has 0 radical (unpaired) electrons. The van der Waals surface area contributed by atoms with E-state index in [2.05, 4.69) is 9.88 Å². The van der Waals surface area contributed by atoms with Gasteiger partial charge in [-0.2, -0.15) is 0 Å². The molecule has 3 rings (SSSR count). The molecule has 2 heterocycles. The molecule has 1 unspecified atom stereocenters. The molecule has 1 aliphatic rings. The number of ether oxygens (including phenoxy) is 1. The third-order valence-corrected chi connectivity index (χ3v) is 5.06. The molecule has 0 aliphatic carbocycles. The zero-order chi connectivity index (χ0) is 18.7. The van der Waals surface area contributed by atoms with Crippen LogP contribution in [0.2, 0.25) is 10.0 Å². The number of amides is 1. The minimum Gasteiger partial charge on any atom is -0.481 e. The first-order chi connectivity index (χ1) is 12.4. The Balaban J connectivity index is 1.55. The molecule has 1 aromatic heterocycles. The van der Waals surface area contributed by atoms with Crippen LogP contribution in [0.25, 0.3) is 0 Å². The van der Waals surface area contributed by atoms with E-state index < -0.39 is 6.10 Å². The minimum absolute atomic E-state index is 0.0127. The predicted molar refractivity (Wildman–Crippen MR) is 104 cm³/mol. The van der Waals surface area contributed by atoms with Crippen molar-refractivity contribution in [3.05, 3.63) is 52.1 Å². The van der Waals surface area contributed by atoms with Gasteiger partial charge in [-0.05, 0) is 49.7 Å². The van der Waals surface area contributed by atoms with Crippen molar-refractivity contribution in [3.63, 3.8) is 0 Å². The lowest BCUT2D eigenvalue weighted by atomic mass is 10.2. The van der Waals surface area contributed by atoms with Crippen molar-refractivity contribution in [2.24, 2.45) is 0 Å². The number of halogens is 2. The van der Waals surface area contributed by atoms with Crippen molar-refractivity contribution in [2.75, 3.05) is 31.1 Å². The number of pyridine rings is 1. The molecule has 0 N–H and O–H groups in total. The van der Waals surface area contributed by atoms with Crippen LogP contribution < -0.4 is 9.64 Å². The Labute approximate surface area is 163 Å². The van der Waals surface area contributed by atoms with Crippen molar-refractivity contribution in [1.82, 2.24) is 9.88 Å². The largest absolute Gasteiger partial charge is 0.481 e. The van der Waals surface area contributed by atoms with Crippen molar-refractivity contribution >= 4 is 34.9 Å². The first-order valence-corrected chi connectivity index (χ1v) is 9.28. The van der Waals surface area contributed by atoms with E-state index in [1.54, 1.807) is 25.3 Å². The van der Waals surface area contributed by atoms with E-state index in [1.165, 1.54) is 0 Å². The number of benzene rings is 1. The van der Waals surface area contributed by atoms with Gasteiger partial charge in [0.2, 0.25) is 0 Å². The van der Waals surface area contributed by atoms with Crippen LogP contribution in [0.5, 0.6) is 5.75 Å². The topological polar surface area (TPSA) is 45.7 Å². The Hall–Kier alpha value is -1.98. The van der Waals surface area contributed by atoms with Gasteiger partial charge in [-0.15, -0.1) is 0 Å². The summed E-state index contributed by atoms with van der Waals surface area (Å²) in [4.78, 5) is 21.0. The summed E-state index contributed by atoms with van der Waals surface area (Å²) in [7, 11) is 0. The smallest absolute Gasteiger partial charge is 0.263 e. The number of anilines is 1. The van der Waals surface area contributed by atoms with Gasteiger partial charge in [-0.25, -0.2) is 4.98 Å². The number of hydrogen-bond donors (Lipinski definition) is 0. The normalized spacial score (nSPS) is 15.7. The van der Waals surface area contributed by atoms with E-state index in [4.69, 9.17) is 27.9 Å². The predicted octanol–water partition coefficient (Wildman–Crippen LogP) is 3.81. The second kappa shape index (κ2) is 8.14. The number of hydrogen-bond acceptors (Lipinski definition) is 4. The summed E-state index contributed by atoms with van der Waals surface area (Å²) in [5.74, 6) is 1.51. The van der Waals surface area contributed by atoms with Crippen LogP contribution in [-0.2, 0) is 4.79 Å². The molecule has 7 heteroatoms. The summed E-state index contributed by atoms with van der Waals surface area (Å²) in [6, 6.07) is 9.13. The zero-order valence-corrected chi connectivity index (χ0v) is 16.3. The molecule has 0 saturated carbocycles. The number of carbonyl (C=O) groups is 1.